The Kier molecular flexibility index (Phi) is 8.73. The zero-order chi connectivity index (χ0) is 23.8. The molecule has 0 atom stereocenters. The van der Waals surface area contributed by atoms with Crippen LogP contribution >= 0.6 is 11.3 Å². The van der Waals surface area contributed by atoms with E-state index in [0.29, 0.717) is 40.2 Å². The normalized spacial score (nSPS) is 11.0. The predicted molar refractivity (Wildman–Crippen MR) is 131 cm³/mol. The van der Waals surface area contributed by atoms with Gasteiger partial charge in [0.25, 0.3) is 5.91 Å². The minimum atomic E-state index is -0.190. The van der Waals surface area contributed by atoms with Crippen LogP contribution in [0.3, 0.4) is 0 Å². The molecule has 0 fully saturated rings. The van der Waals surface area contributed by atoms with Gasteiger partial charge in [-0.25, -0.2) is 4.98 Å². The van der Waals surface area contributed by atoms with Gasteiger partial charge in [-0.1, -0.05) is 37.3 Å². The highest BCUT2D eigenvalue weighted by Gasteiger charge is 2.24. The monoisotopic (exact) mass is 473 g/mol. The smallest absolute Gasteiger partial charge is 0.266 e. The molecule has 0 radical (unpaired) electrons. The summed E-state index contributed by atoms with van der Waals surface area (Å²) in [5.41, 5.74) is 0.670. The molecule has 0 aliphatic rings. The number of fused-ring (bicyclic) bond motifs is 1. The van der Waals surface area contributed by atoms with Gasteiger partial charge in [-0.05, 0) is 37.4 Å². The molecule has 3 aromatic rings. The van der Waals surface area contributed by atoms with E-state index < -0.39 is 0 Å². The van der Waals surface area contributed by atoms with Crippen LogP contribution in [0.15, 0.2) is 36.4 Å². The predicted octanol–water partition coefficient (Wildman–Crippen LogP) is 4.08. The van der Waals surface area contributed by atoms with Gasteiger partial charge in [0, 0.05) is 13.1 Å². The van der Waals surface area contributed by atoms with Gasteiger partial charge in [0.1, 0.15) is 21.7 Å². The fourth-order valence-electron chi connectivity index (χ4n) is 3.45. The van der Waals surface area contributed by atoms with Crippen LogP contribution in [0, 0.1) is 0 Å². The Hall–Kier alpha value is -3.04. The Bertz CT molecular complexity index is 1030. The van der Waals surface area contributed by atoms with Crippen molar-refractivity contribution in [2.24, 2.45) is 0 Å². The lowest BCUT2D eigenvalue weighted by atomic mass is 10.3. The number of rotatable bonds is 12. The first-order valence-corrected chi connectivity index (χ1v) is 11.7. The fourth-order valence-corrected chi connectivity index (χ4v) is 4.57. The van der Waals surface area contributed by atoms with Crippen molar-refractivity contribution >= 4 is 32.6 Å². The van der Waals surface area contributed by atoms with Gasteiger partial charge in [0.15, 0.2) is 23.2 Å². The largest absolute Gasteiger partial charge is 0.495 e. The Balaban J connectivity index is 1.91. The third kappa shape index (κ3) is 5.66. The highest BCUT2D eigenvalue weighted by molar-refractivity contribution is 7.22. The first-order chi connectivity index (χ1) is 16.1. The van der Waals surface area contributed by atoms with Crippen LogP contribution in [0.4, 0.5) is 5.13 Å². The summed E-state index contributed by atoms with van der Waals surface area (Å²) < 4.78 is 23.0. The molecule has 0 spiro atoms. The summed E-state index contributed by atoms with van der Waals surface area (Å²) in [6, 6.07) is 10.9. The number of carbonyl (C=O) groups is 1. The lowest BCUT2D eigenvalue weighted by Gasteiger charge is -2.24. The Morgan fingerprint density at radius 1 is 0.879 bits per heavy atom. The van der Waals surface area contributed by atoms with Crippen LogP contribution in [-0.4, -0.2) is 69.9 Å². The lowest BCUT2D eigenvalue weighted by Crippen LogP contribution is -2.41. The summed E-state index contributed by atoms with van der Waals surface area (Å²) in [7, 11) is 4.79. The van der Waals surface area contributed by atoms with E-state index in [4.69, 9.17) is 23.9 Å². The molecule has 0 N–H and O–H groups in total. The summed E-state index contributed by atoms with van der Waals surface area (Å²) in [6.07, 6.45) is 0. The average Bonchev–Trinajstić information content (AvgIpc) is 3.30. The number of para-hydroxylation sites is 2. The van der Waals surface area contributed by atoms with Crippen molar-refractivity contribution in [2.75, 3.05) is 59.0 Å². The minimum absolute atomic E-state index is 0.136. The van der Waals surface area contributed by atoms with Crippen molar-refractivity contribution in [1.29, 1.82) is 0 Å². The molecule has 0 aliphatic carbocycles. The molecule has 178 valence electrons. The Labute approximate surface area is 198 Å². The molecule has 0 unspecified atom stereocenters. The van der Waals surface area contributed by atoms with Gasteiger partial charge in [-0.3, -0.25) is 9.69 Å². The molecule has 0 saturated heterocycles. The second kappa shape index (κ2) is 11.7. The highest BCUT2D eigenvalue weighted by Crippen LogP contribution is 2.40. The van der Waals surface area contributed by atoms with Crippen molar-refractivity contribution in [2.45, 2.75) is 13.8 Å². The number of carbonyl (C=O) groups excluding carboxylic acids is 1. The number of aromatic nitrogens is 1. The van der Waals surface area contributed by atoms with Crippen molar-refractivity contribution < 1.29 is 23.7 Å². The molecule has 0 bridgehead atoms. The molecule has 2 aromatic carbocycles. The maximum atomic E-state index is 13.3. The molecule has 8 nitrogen and oxygen atoms in total. The van der Waals surface area contributed by atoms with E-state index in [1.165, 1.54) is 11.3 Å². The van der Waals surface area contributed by atoms with Crippen molar-refractivity contribution in [3.63, 3.8) is 0 Å². The number of nitrogens with zero attached hydrogens (tertiary/aromatic N) is 3. The van der Waals surface area contributed by atoms with E-state index >= 15 is 0 Å². The Morgan fingerprint density at radius 2 is 1.52 bits per heavy atom. The quantitative estimate of drug-likeness (QED) is 0.392. The maximum absolute atomic E-state index is 13.3. The molecule has 1 heterocycles. The number of thiazole rings is 1. The summed E-state index contributed by atoms with van der Waals surface area (Å²) >= 11 is 1.40. The Morgan fingerprint density at radius 3 is 2.15 bits per heavy atom. The third-order valence-corrected chi connectivity index (χ3v) is 6.48. The molecule has 33 heavy (non-hydrogen) atoms. The van der Waals surface area contributed by atoms with E-state index in [1.54, 1.807) is 38.4 Å². The average molecular weight is 474 g/mol. The number of hydrogen-bond donors (Lipinski definition) is 0. The van der Waals surface area contributed by atoms with Crippen LogP contribution in [0.2, 0.25) is 0 Å². The van der Waals surface area contributed by atoms with Crippen LogP contribution < -0.4 is 23.8 Å². The lowest BCUT2D eigenvalue weighted by molar-refractivity contribution is -0.120. The number of likely N-dealkylation sites (N-methyl/N-ethyl adjacent to an activating group) is 1. The number of ether oxygens (including phenoxy) is 4. The molecule has 9 heteroatoms. The van der Waals surface area contributed by atoms with E-state index in [1.807, 2.05) is 24.3 Å². The van der Waals surface area contributed by atoms with Crippen LogP contribution in [0.1, 0.15) is 13.8 Å². The molecule has 0 aliphatic heterocycles. The summed E-state index contributed by atoms with van der Waals surface area (Å²) in [4.78, 5) is 22.0. The highest BCUT2D eigenvalue weighted by atomic mass is 32.1. The van der Waals surface area contributed by atoms with Gasteiger partial charge in [0.05, 0.1) is 21.3 Å². The van der Waals surface area contributed by atoms with Gasteiger partial charge < -0.3 is 23.8 Å². The second-order valence-corrected chi connectivity index (χ2v) is 8.13. The van der Waals surface area contributed by atoms with Crippen molar-refractivity contribution in [1.82, 2.24) is 9.88 Å². The molecule has 3 rings (SSSR count). The minimum Gasteiger partial charge on any atom is -0.495 e. The first-order valence-electron chi connectivity index (χ1n) is 10.9. The fraction of sp³-hybridized carbons (Fsp3) is 0.417. The SMILES string of the molecule is CCN(CC)CCN(C(=O)COc1ccccc1OC)c1nc2c(OC)ccc(OC)c2s1. The van der Waals surface area contributed by atoms with Crippen molar-refractivity contribution in [3.8, 4) is 23.0 Å². The number of hydrogen-bond acceptors (Lipinski definition) is 8. The van der Waals surface area contributed by atoms with Crippen LogP contribution in [-0.2, 0) is 4.79 Å². The van der Waals surface area contributed by atoms with Crippen LogP contribution in [0.5, 0.6) is 23.0 Å². The maximum Gasteiger partial charge on any atom is 0.266 e. The van der Waals surface area contributed by atoms with E-state index in [2.05, 4.69) is 18.7 Å². The molecule has 1 amide bonds. The zero-order valence-corrected chi connectivity index (χ0v) is 20.6. The second-order valence-electron chi connectivity index (χ2n) is 7.16. The molecular weight excluding hydrogens is 442 g/mol. The van der Waals surface area contributed by atoms with Crippen LogP contribution in [0.25, 0.3) is 10.2 Å². The van der Waals surface area contributed by atoms with E-state index in [-0.39, 0.29) is 12.5 Å². The topological polar surface area (TPSA) is 73.4 Å². The summed E-state index contributed by atoms with van der Waals surface area (Å²) in [6.45, 7) is 7.08. The van der Waals surface area contributed by atoms with Gasteiger partial charge >= 0.3 is 0 Å². The van der Waals surface area contributed by atoms with E-state index in [9.17, 15) is 4.79 Å². The van der Waals surface area contributed by atoms with Gasteiger partial charge in [-0.2, -0.15) is 0 Å². The molecule has 1 aromatic heterocycles. The summed E-state index contributed by atoms with van der Waals surface area (Å²) in [5.74, 6) is 2.23. The summed E-state index contributed by atoms with van der Waals surface area (Å²) in [5, 5.41) is 0.577. The zero-order valence-electron chi connectivity index (χ0n) is 19.8. The van der Waals surface area contributed by atoms with Crippen molar-refractivity contribution in [3.05, 3.63) is 36.4 Å². The third-order valence-electron chi connectivity index (χ3n) is 5.39. The number of benzene rings is 2. The van der Waals surface area contributed by atoms with Gasteiger partial charge in [0.2, 0.25) is 0 Å². The number of methoxy groups -OCH3 is 3. The van der Waals surface area contributed by atoms with E-state index in [0.717, 1.165) is 24.3 Å². The molecule has 0 saturated carbocycles. The van der Waals surface area contributed by atoms with Gasteiger partial charge in [-0.15, -0.1) is 0 Å². The number of anilines is 1. The standard InChI is InChI=1S/C24H31N3O5S/c1-6-26(7-2)14-15-27(21(28)16-32-18-11-9-8-10-17(18)29-3)24-25-22-19(30-4)12-13-20(31-5)23(22)33-24/h8-13H,6-7,14-16H2,1-5H3. The molecular formula is C24H31N3O5S. The first kappa shape index (κ1) is 24.6. The number of amides is 1.